The Bertz CT molecular complexity index is 636. The van der Waals surface area contributed by atoms with Crippen LogP contribution in [0.3, 0.4) is 0 Å². The van der Waals surface area contributed by atoms with Crippen LogP contribution in [0, 0.1) is 0 Å². The van der Waals surface area contributed by atoms with Crippen molar-refractivity contribution in [1.29, 1.82) is 0 Å². The first-order valence-electron chi connectivity index (χ1n) is 6.55. The van der Waals surface area contributed by atoms with Gasteiger partial charge in [-0.3, -0.25) is 4.79 Å². The summed E-state index contributed by atoms with van der Waals surface area (Å²) in [6.45, 7) is 1.97. The molecule has 1 heterocycles. The van der Waals surface area contributed by atoms with Crippen molar-refractivity contribution in [3.05, 3.63) is 57.8 Å². The van der Waals surface area contributed by atoms with E-state index in [1.165, 1.54) is 7.11 Å². The van der Waals surface area contributed by atoms with Gasteiger partial charge in [0, 0.05) is 7.05 Å². The maximum absolute atomic E-state index is 12.5. The van der Waals surface area contributed by atoms with Gasteiger partial charge in [-0.25, -0.2) is 4.79 Å². The standard InChI is InChI=1S/C16H17NO3S/c1-11(12-7-5-4-6-8-12)17(2)15(18)13-9-10-14(21-13)16(19)20-3/h4-11H,1-3H3/t11-/m1/s1. The van der Waals surface area contributed by atoms with Gasteiger partial charge in [-0.2, -0.15) is 0 Å². The zero-order chi connectivity index (χ0) is 15.4. The van der Waals surface area contributed by atoms with Crippen molar-refractivity contribution in [2.24, 2.45) is 0 Å². The maximum Gasteiger partial charge on any atom is 0.348 e. The SMILES string of the molecule is COC(=O)c1ccc(C(=O)N(C)[C@H](C)c2ccccc2)s1. The Morgan fingerprint density at radius 1 is 1.10 bits per heavy atom. The van der Waals surface area contributed by atoms with Crippen molar-refractivity contribution in [1.82, 2.24) is 4.90 Å². The highest BCUT2D eigenvalue weighted by Crippen LogP contribution is 2.24. The predicted octanol–water partition coefficient (Wildman–Crippen LogP) is 3.37. The fourth-order valence-corrected chi connectivity index (χ4v) is 2.88. The first-order chi connectivity index (χ1) is 10.0. The fourth-order valence-electron chi connectivity index (χ4n) is 1.97. The van der Waals surface area contributed by atoms with Crippen LogP contribution in [0.2, 0.25) is 0 Å². The Balaban J connectivity index is 2.16. The summed E-state index contributed by atoms with van der Waals surface area (Å²) in [4.78, 5) is 26.5. The zero-order valence-corrected chi connectivity index (χ0v) is 13.0. The minimum atomic E-state index is -0.419. The lowest BCUT2D eigenvalue weighted by Crippen LogP contribution is -2.29. The number of carbonyl (C=O) groups excluding carboxylic acids is 2. The molecule has 0 spiro atoms. The number of nitrogens with zero attached hydrogens (tertiary/aromatic N) is 1. The van der Waals surface area contributed by atoms with Gasteiger partial charge >= 0.3 is 5.97 Å². The summed E-state index contributed by atoms with van der Waals surface area (Å²) in [6.07, 6.45) is 0. The molecule has 4 nitrogen and oxygen atoms in total. The average Bonchev–Trinajstić information content (AvgIpc) is 3.02. The van der Waals surface area contributed by atoms with E-state index in [1.54, 1.807) is 24.1 Å². The van der Waals surface area contributed by atoms with E-state index in [0.29, 0.717) is 9.75 Å². The molecular formula is C16H17NO3S. The second-order valence-corrected chi connectivity index (χ2v) is 5.74. The van der Waals surface area contributed by atoms with Crippen molar-refractivity contribution in [3.8, 4) is 0 Å². The number of ether oxygens (including phenoxy) is 1. The number of amides is 1. The summed E-state index contributed by atoms with van der Waals surface area (Å²) in [5.41, 5.74) is 1.07. The molecule has 1 aromatic carbocycles. The highest BCUT2D eigenvalue weighted by Gasteiger charge is 2.21. The van der Waals surface area contributed by atoms with Gasteiger partial charge in [0.2, 0.25) is 0 Å². The van der Waals surface area contributed by atoms with Crippen LogP contribution in [0.15, 0.2) is 42.5 Å². The van der Waals surface area contributed by atoms with E-state index < -0.39 is 5.97 Å². The summed E-state index contributed by atoms with van der Waals surface area (Å²) >= 11 is 1.15. The first kappa shape index (κ1) is 15.3. The Morgan fingerprint density at radius 3 is 2.33 bits per heavy atom. The molecule has 1 aromatic heterocycles. The summed E-state index contributed by atoms with van der Waals surface area (Å²) in [5, 5.41) is 0. The second kappa shape index (κ2) is 6.54. The minimum absolute atomic E-state index is 0.0395. The van der Waals surface area contributed by atoms with Crippen LogP contribution in [-0.4, -0.2) is 30.9 Å². The second-order valence-electron chi connectivity index (χ2n) is 4.66. The molecule has 0 saturated heterocycles. The zero-order valence-electron chi connectivity index (χ0n) is 12.2. The van der Waals surface area contributed by atoms with Crippen LogP contribution in [-0.2, 0) is 4.74 Å². The molecular weight excluding hydrogens is 286 g/mol. The van der Waals surface area contributed by atoms with Gasteiger partial charge in [-0.1, -0.05) is 30.3 Å². The monoisotopic (exact) mass is 303 g/mol. The summed E-state index contributed by atoms with van der Waals surface area (Å²) < 4.78 is 4.65. The van der Waals surface area contributed by atoms with Crippen LogP contribution < -0.4 is 0 Å². The topological polar surface area (TPSA) is 46.6 Å². The van der Waals surface area contributed by atoms with Crippen LogP contribution in [0.1, 0.15) is 37.9 Å². The molecule has 0 aliphatic heterocycles. The van der Waals surface area contributed by atoms with Crippen LogP contribution in [0.25, 0.3) is 0 Å². The van der Waals surface area contributed by atoms with E-state index in [9.17, 15) is 9.59 Å². The number of hydrogen-bond donors (Lipinski definition) is 0. The number of esters is 1. The molecule has 0 unspecified atom stereocenters. The molecule has 1 atom stereocenters. The number of rotatable bonds is 4. The van der Waals surface area contributed by atoms with Gasteiger partial charge in [0.1, 0.15) is 4.88 Å². The number of methoxy groups -OCH3 is 1. The maximum atomic E-state index is 12.5. The normalized spacial score (nSPS) is 11.8. The summed E-state index contributed by atoms with van der Waals surface area (Å²) in [6, 6.07) is 13.1. The third kappa shape index (κ3) is 3.31. The molecule has 0 aliphatic carbocycles. The predicted molar refractivity (Wildman–Crippen MR) is 82.6 cm³/mol. The lowest BCUT2D eigenvalue weighted by atomic mass is 10.1. The van der Waals surface area contributed by atoms with Crippen molar-refractivity contribution in [2.45, 2.75) is 13.0 Å². The van der Waals surface area contributed by atoms with Crippen molar-refractivity contribution < 1.29 is 14.3 Å². The quantitative estimate of drug-likeness (QED) is 0.814. The van der Waals surface area contributed by atoms with Gasteiger partial charge in [-0.05, 0) is 24.6 Å². The Kier molecular flexibility index (Phi) is 4.75. The van der Waals surface area contributed by atoms with E-state index in [2.05, 4.69) is 4.74 Å². The fraction of sp³-hybridized carbons (Fsp3) is 0.250. The molecule has 110 valence electrons. The number of thiophene rings is 1. The summed E-state index contributed by atoms with van der Waals surface area (Å²) in [5.74, 6) is -0.524. The molecule has 2 rings (SSSR count). The van der Waals surface area contributed by atoms with Crippen molar-refractivity contribution in [3.63, 3.8) is 0 Å². The Hall–Kier alpha value is -2.14. The van der Waals surface area contributed by atoms with E-state index in [4.69, 9.17) is 0 Å². The molecule has 5 heteroatoms. The first-order valence-corrected chi connectivity index (χ1v) is 7.36. The highest BCUT2D eigenvalue weighted by atomic mass is 32.1. The van der Waals surface area contributed by atoms with Crippen LogP contribution in [0.5, 0.6) is 0 Å². The van der Waals surface area contributed by atoms with Gasteiger partial charge in [-0.15, -0.1) is 11.3 Å². The van der Waals surface area contributed by atoms with E-state index >= 15 is 0 Å². The van der Waals surface area contributed by atoms with Gasteiger partial charge in [0.15, 0.2) is 0 Å². The van der Waals surface area contributed by atoms with Gasteiger partial charge in [0.25, 0.3) is 5.91 Å². The average molecular weight is 303 g/mol. The highest BCUT2D eigenvalue weighted by molar-refractivity contribution is 7.15. The van der Waals surface area contributed by atoms with E-state index in [0.717, 1.165) is 16.9 Å². The number of benzene rings is 1. The molecule has 0 aliphatic rings. The Morgan fingerprint density at radius 2 is 1.71 bits per heavy atom. The van der Waals surface area contributed by atoms with Gasteiger partial charge < -0.3 is 9.64 Å². The molecule has 1 amide bonds. The smallest absolute Gasteiger partial charge is 0.348 e. The van der Waals surface area contributed by atoms with Crippen LogP contribution >= 0.6 is 11.3 Å². The molecule has 0 saturated carbocycles. The third-order valence-electron chi connectivity index (χ3n) is 3.39. The van der Waals surface area contributed by atoms with Crippen LogP contribution in [0.4, 0.5) is 0 Å². The molecule has 2 aromatic rings. The Labute approximate surface area is 128 Å². The largest absolute Gasteiger partial charge is 0.465 e. The minimum Gasteiger partial charge on any atom is -0.465 e. The number of carbonyl (C=O) groups is 2. The van der Waals surface area contributed by atoms with E-state index in [-0.39, 0.29) is 11.9 Å². The molecule has 0 radical (unpaired) electrons. The summed E-state index contributed by atoms with van der Waals surface area (Å²) in [7, 11) is 3.09. The lowest BCUT2D eigenvalue weighted by molar-refractivity contribution is 0.0606. The molecule has 0 N–H and O–H groups in total. The molecule has 0 bridgehead atoms. The van der Waals surface area contributed by atoms with Crippen molar-refractivity contribution in [2.75, 3.05) is 14.2 Å². The van der Waals surface area contributed by atoms with Gasteiger partial charge in [0.05, 0.1) is 18.0 Å². The van der Waals surface area contributed by atoms with Crippen molar-refractivity contribution >= 4 is 23.2 Å². The number of hydrogen-bond acceptors (Lipinski definition) is 4. The van der Waals surface area contributed by atoms with E-state index in [1.807, 2.05) is 37.3 Å². The molecule has 0 fully saturated rings. The molecule has 21 heavy (non-hydrogen) atoms. The lowest BCUT2D eigenvalue weighted by Gasteiger charge is -2.24. The third-order valence-corrected chi connectivity index (χ3v) is 4.44.